The van der Waals surface area contributed by atoms with Gasteiger partial charge >= 0.3 is 0 Å². The molecule has 3 nitrogen and oxygen atoms in total. The molecule has 2 aromatic rings. The lowest BCUT2D eigenvalue weighted by Crippen LogP contribution is -1.87. The maximum atomic E-state index is 3.96. The third-order valence-electron chi connectivity index (χ3n) is 2.27. The highest BCUT2D eigenvalue weighted by Crippen LogP contribution is 2.19. The van der Waals surface area contributed by atoms with E-state index in [0.717, 1.165) is 11.4 Å². The van der Waals surface area contributed by atoms with Crippen LogP contribution in [0.2, 0.25) is 0 Å². The summed E-state index contributed by atoms with van der Waals surface area (Å²) >= 11 is 0. The summed E-state index contributed by atoms with van der Waals surface area (Å²) in [7, 11) is 0. The molecule has 0 atom stereocenters. The number of aromatic amines is 1. The van der Waals surface area contributed by atoms with E-state index in [4.69, 9.17) is 0 Å². The van der Waals surface area contributed by atoms with Crippen molar-refractivity contribution in [3.63, 3.8) is 0 Å². The van der Waals surface area contributed by atoms with Gasteiger partial charge in [-0.3, -0.25) is 0 Å². The molecule has 0 fully saturated rings. The molecule has 1 aromatic carbocycles. The van der Waals surface area contributed by atoms with E-state index in [0.29, 0.717) is 5.92 Å². The molecule has 0 amide bonds. The van der Waals surface area contributed by atoms with Gasteiger partial charge in [0.2, 0.25) is 0 Å². The summed E-state index contributed by atoms with van der Waals surface area (Å²) in [5, 5.41) is 7.71. The van der Waals surface area contributed by atoms with Crippen LogP contribution in [-0.2, 0) is 0 Å². The summed E-state index contributed by atoms with van der Waals surface area (Å²) in [6.45, 7) is 4.37. The Morgan fingerprint density at radius 3 is 2.36 bits per heavy atom. The van der Waals surface area contributed by atoms with Crippen LogP contribution in [0.25, 0.3) is 11.4 Å². The van der Waals surface area contributed by atoms with E-state index in [-0.39, 0.29) is 0 Å². The second-order valence-electron chi connectivity index (χ2n) is 3.61. The first kappa shape index (κ1) is 8.94. The van der Waals surface area contributed by atoms with E-state index in [1.807, 2.05) is 0 Å². The Morgan fingerprint density at radius 2 is 1.86 bits per heavy atom. The molecular weight excluding hydrogens is 174 g/mol. The van der Waals surface area contributed by atoms with Crippen molar-refractivity contribution in [3.05, 3.63) is 36.2 Å². The van der Waals surface area contributed by atoms with Crippen molar-refractivity contribution in [2.24, 2.45) is 0 Å². The Hall–Kier alpha value is -1.64. The zero-order valence-electron chi connectivity index (χ0n) is 8.36. The molecule has 1 N–H and O–H groups in total. The molecule has 0 spiro atoms. The Kier molecular flexibility index (Phi) is 2.31. The molecule has 14 heavy (non-hydrogen) atoms. The van der Waals surface area contributed by atoms with Gasteiger partial charge in [0.25, 0.3) is 0 Å². The average molecular weight is 187 g/mol. The molecule has 72 valence electrons. The largest absolute Gasteiger partial charge is 0.328 e. The highest BCUT2D eigenvalue weighted by atomic mass is 15.2. The van der Waals surface area contributed by atoms with Crippen molar-refractivity contribution in [1.82, 2.24) is 15.2 Å². The van der Waals surface area contributed by atoms with E-state index in [9.17, 15) is 0 Å². The van der Waals surface area contributed by atoms with Gasteiger partial charge in [-0.1, -0.05) is 38.1 Å². The van der Waals surface area contributed by atoms with Crippen molar-refractivity contribution in [2.45, 2.75) is 19.8 Å². The zero-order valence-corrected chi connectivity index (χ0v) is 8.36. The quantitative estimate of drug-likeness (QED) is 0.785. The number of nitrogens with one attached hydrogen (secondary N) is 1. The minimum atomic E-state index is 0.568. The number of hydrogen-bond donors (Lipinski definition) is 1. The van der Waals surface area contributed by atoms with Crippen LogP contribution >= 0.6 is 0 Å². The smallest absolute Gasteiger partial charge is 0.161 e. The molecule has 1 aromatic heterocycles. The van der Waals surface area contributed by atoms with Crippen LogP contribution in [0.5, 0.6) is 0 Å². The summed E-state index contributed by atoms with van der Waals surface area (Å²) in [5.74, 6) is 1.39. The third kappa shape index (κ3) is 1.66. The van der Waals surface area contributed by atoms with Gasteiger partial charge in [-0.05, 0) is 11.5 Å². The van der Waals surface area contributed by atoms with Crippen LogP contribution in [0, 0.1) is 0 Å². The molecule has 0 bridgehead atoms. The fourth-order valence-electron chi connectivity index (χ4n) is 1.37. The summed E-state index contributed by atoms with van der Waals surface area (Å²) in [4.78, 5) is 2.98. The van der Waals surface area contributed by atoms with Gasteiger partial charge in [0.15, 0.2) is 5.82 Å². The Labute approximate surface area is 83.2 Å². The summed E-state index contributed by atoms with van der Waals surface area (Å²) in [6, 6.07) is 8.39. The predicted octanol–water partition coefficient (Wildman–Crippen LogP) is 2.60. The molecular formula is C11H13N3. The average Bonchev–Trinajstić information content (AvgIpc) is 2.71. The molecule has 0 aliphatic heterocycles. The van der Waals surface area contributed by atoms with E-state index < -0.39 is 0 Å². The molecule has 0 aliphatic rings. The molecule has 3 heteroatoms. The Balaban J connectivity index is 2.31. The van der Waals surface area contributed by atoms with Crippen molar-refractivity contribution >= 4 is 0 Å². The summed E-state index contributed by atoms with van der Waals surface area (Å²) in [5.41, 5.74) is 2.42. The second kappa shape index (κ2) is 3.62. The lowest BCUT2D eigenvalue weighted by atomic mass is 10.0. The maximum Gasteiger partial charge on any atom is 0.161 e. The third-order valence-corrected chi connectivity index (χ3v) is 2.27. The number of H-pyrrole nitrogens is 1. The first-order chi connectivity index (χ1) is 6.77. The molecule has 2 rings (SSSR count). The molecule has 0 unspecified atom stereocenters. The second-order valence-corrected chi connectivity index (χ2v) is 3.61. The molecule has 0 radical (unpaired) electrons. The van der Waals surface area contributed by atoms with Crippen LogP contribution in [-0.4, -0.2) is 15.2 Å². The molecule has 0 saturated heterocycles. The predicted molar refractivity (Wildman–Crippen MR) is 55.9 cm³/mol. The number of nitrogens with zero attached hydrogens (tertiary/aromatic N) is 2. The van der Waals surface area contributed by atoms with Gasteiger partial charge in [-0.15, -0.1) is 10.2 Å². The fourth-order valence-corrected chi connectivity index (χ4v) is 1.37. The van der Waals surface area contributed by atoms with Crippen LogP contribution in [0.3, 0.4) is 0 Å². The number of benzene rings is 1. The highest BCUT2D eigenvalue weighted by molar-refractivity contribution is 5.54. The lowest BCUT2D eigenvalue weighted by molar-refractivity contribution is 0.867. The van der Waals surface area contributed by atoms with Gasteiger partial charge in [0.05, 0.1) is 0 Å². The number of aromatic nitrogens is 3. The van der Waals surface area contributed by atoms with Gasteiger partial charge in [0.1, 0.15) is 6.33 Å². The SMILES string of the molecule is CC(C)c1ccc(-c2nnc[nH]2)cc1. The van der Waals surface area contributed by atoms with Gasteiger partial charge in [-0.2, -0.15) is 0 Å². The highest BCUT2D eigenvalue weighted by Gasteiger charge is 2.02. The minimum absolute atomic E-state index is 0.568. The first-order valence-corrected chi connectivity index (χ1v) is 4.74. The Bertz CT molecular complexity index is 387. The topological polar surface area (TPSA) is 41.6 Å². The van der Waals surface area contributed by atoms with Gasteiger partial charge in [0, 0.05) is 5.56 Å². The molecule has 0 aliphatic carbocycles. The lowest BCUT2D eigenvalue weighted by Gasteiger charge is -2.04. The van der Waals surface area contributed by atoms with Gasteiger partial charge < -0.3 is 4.98 Å². The van der Waals surface area contributed by atoms with Crippen molar-refractivity contribution in [1.29, 1.82) is 0 Å². The van der Waals surface area contributed by atoms with Crippen molar-refractivity contribution < 1.29 is 0 Å². The van der Waals surface area contributed by atoms with Crippen LogP contribution in [0.4, 0.5) is 0 Å². The van der Waals surface area contributed by atoms with Gasteiger partial charge in [-0.25, -0.2) is 0 Å². The zero-order chi connectivity index (χ0) is 9.97. The van der Waals surface area contributed by atoms with Crippen molar-refractivity contribution in [2.75, 3.05) is 0 Å². The first-order valence-electron chi connectivity index (χ1n) is 4.74. The Morgan fingerprint density at radius 1 is 1.14 bits per heavy atom. The van der Waals surface area contributed by atoms with Crippen LogP contribution < -0.4 is 0 Å². The standard InChI is InChI=1S/C11H13N3/c1-8(2)9-3-5-10(6-4-9)11-12-7-13-14-11/h3-8H,1-2H3,(H,12,13,14). The van der Waals surface area contributed by atoms with E-state index in [2.05, 4.69) is 53.3 Å². The summed E-state index contributed by atoms with van der Waals surface area (Å²) in [6.07, 6.45) is 1.59. The molecule has 0 saturated carbocycles. The monoisotopic (exact) mass is 187 g/mol. The van der Waals surface area contributed by atoms with Crippen LogP contribution in [0.1, 0.15) is 25.3 Å². The van der Waals surface area contributed by atoms with E-state index in [1.165, 1.54) is 5.56 Å². The molecule has 1 heterocycles. The summed E-state index contributed by atoms with van der Waals surface area (Å²) < 4.78 is 0. The number of rotatable bonds is 2. The van der Waals surface area contributed by atoms with Crippen LogP contribution in [0.15, 0.2) is 30.6 Å². The minimum Gasteiger partial charge on any atom is -0.328 e. The van der Waals surface area contributed by atoms with E-state index in [1.54, 1.807) is 6.33 Å². The normalized spacial score (nSPS) is 10.8. The number of hydrogen-bond acceptors (Lipinski definition) is 2. The van der Waals surface area contributed by atoms with E-state index >= 15 is 0 Å². The maximum absolute atomic E-state index is 3.96. The van der Waals surface area contributed by atoms with Crippen molar-refractivity contribution in [3.8, 4) is 11.4 Å². The fraction of sp³-hybridized carbons (Fsp3) is 0.273.